The number of likely N-dealkylation sites (tertiary alicyclic amines) is 1. The maximum Gasteiger partial charge on any atom is 0.315 e. The van der Waals surface area contributed by atoms with Crippen LogP contribution in [0.2, 0.25) is 0 Å². The van der Waals surface area contributed by atoms with E-state index in [0.717, 1.165) is 57.8 Å². The van der Waals surface area contributed by atoms with Gasteiger partial charge in [0.05, 0.1) is 6.04 Å². The molecule has 4 fully saturated rings. The minimum Gasteiger partial charge on any atom is -0.363 e. The van der Waals surface area contributed by atoms with Gasteiger partial charge in [0.1, 0.15) is 17.9 Å². The lowest BCUT2D eigenvalue weighted by Crippen LogP contribution is -2.63. The van der Waals surface area contributed by atoms with Gasteiger partial charge in [-0.15, -0.1) is 0 Å². The third kappa shape index (κ3) is 8.38. The number of ketones is 2. The van der Waals surface area contributed by atoms with Crippen molar-refractivity contribution in [2.45, 2.75) is 135 Å². The molecule has 1 unspecified atom stereocenters. The molecule has 0 aromatic carbocycles. The third-order valence-electron chi connectivity index (χ3n) is 10.1. The predicted molar refractivity (Wildman–Crippen MR) is 165 cm³/mol. The van der Waals surface area contributed by atoms with Crippen molar-refractivity contribution in [3.8, 4) is 0 Å². The van der Waals surface area contributed by atoms with Crippen molar-refractivity contribution in [3.63, 3.8) is 0 Å². The van der Waals surface area contributed by atoms with Crippen molar-refractivity contribution in [2.75, 3.05) is 6.54 Å². The molecule has 4 atom stereocenters. The van der Waals surface area contributed by atoms with Crippen LogP contribution in [0.25, 0.3) is 0 Å². The molecular weight excluding hydrogens is 562 g/mol. The highest BCUT2D eigenvalue weighted by Crippen LogP contribution is 2.38. The van der Waals surface area contributed by atoms with E-state index >= 15 is 0 Å². The maximum atomic E-state index is 14.3. The second-order valence-corrected chi connectivity index (χ2v) is 15.3. The van der Waals surface area contributed by atoms with Crippen LogP contribution in [-0.2, 0) is 24.0 Å². The summed E-state index contributed by atoms with van der Waals surface area (Å²) in [6, 6.07) is -3.32. The minimum absolute atomic E-state index is 0.0665. The van der Waals surface area contributed by atoms with E-state index in [2.05, 4.69) is 16.0 Å². The van der Waals surface area contributed by atoms with Crippen LogP contribution in [0, 0.1) is 29.1 Å². The molecule has 5 N–H and O–H groups in total. The fourth-order valence-corrected chi connectivity index (χ4v) is 7.12. The number of carbonyl (C=O) groups excluding carboxylic acids is 6. The van der Waals surface area contributed by atoms with Crippen molar-refractivity contribution < 1.29 is 28.8 Å². The second kappa shape index (κ2) is 13.6. The molecule has 0 bridgehead atoms. The molecule has 246 valence electrons. The molecule has 0 spiro atoms. The quantitative estimate of drug-likeness (QED) is 0.232. The van der Waals surface area contributed by atoms with Crippen LogP contribution in [0.1, 0.15) is 112 Å². The summed E-state index contributed by atoms with van der Waals surface area (Å²) < 4.78 is 0. The molecule has 0 aromatic heterocycles. The van der Waals surface area contributed by atoms with Crippen LogP contribution in [0.5, 0.6) is 0 Å². The molecule has 11 nitrogen and oxygen atoms in total. The van der Waals surface area contributed by atoms with Crippen LogP contribution >= 0.6 is 0 Å². The standard InChI is InChI=1S/C33H53N5O6/c1-19(2)22-13-16-38(25(22)29(42)35-23(17-20-9-10-20)26(40)28(34)41)30(43)27(32(3,4)5)36-31(44)37-33(14-7-6-8-15-33)18-24(39)21-11-12-21/h19-23,25,27H,6-18H2,1-5H3,(H2,34,41)(H,35,42)(H2,36,37,44)/t22-,23?,25+,27-/m1/s1. The molecule has 3 saturated carbocycles. The van der Waals surface area contributed by atoms with Gasteiger partial charge in [-0.1, -0.05) is 66.7 Å². The first kappa shape index (κ1) is 33.9. The Hall–Kier alpha value is -2.98. The average Bonchev–Trinajstić information content (AvgIpc) is 3.88. The molecule has 0 aromatic rings. The van der Waals surface area contributed by atoms with Gasteiger partial charge in [-0.05, 0) is 61.7 Å². The average molecular weight is 616 g/mol. The molecule has 0 radical (unpaired) electrons. The zero-order chi connectivity index (χ0) is 32.4. The number of nitrogens with one attached hydrogen (secondary N) is 3. The summed E-state index contributed by atoms with van der Waals surface area (Å²) in [7, 11) is 0. The van der Waals surface area contributed by atoms with E-state index in [0.29, 0.717) is 25.8 Å². The van der Waals surface area contributed by atoms with Crippen molar-refractivity contribution in [3.05, 3.63) is 0 Å². The van der Waals surface area contributed by atoms with Crippen LogP contribution in [-0.4, -0.2) is 70.4 Å². The largest absolute Gasteiger partial charge is 0.363 e. The molecule has 11 heteroatoms. The number of amides is 5. The lowest BCUT2D eigenvalue weighted by molar-refractivity contribution is -0.144. The molecule has 4 rings (SSSR count). The van der Waals surface area contributed by atoms with Gasteiger partial charge in [0, 0.05) is 24.4 Å². The summed E-state index contributed by atoms with van der Waals surface area (Å²) in [5.41, 5.74) is 3.99. The first-order chi connectivity index (χ1) is 20.6. The summed E-state index contributed by atoms with van der Waals surface area (Å²) in [6.45, 7) is 9.91. The van der Waals surface area contributed by atoms with Gasteiger partial charge in [-0.25, -0.2) is 4.79 Å². The normalized spacial score (nSPS) is 24.7. The van der Waals surface area contributed by atoms with E-state index in [1.54, 1.807) is 0 Å². The minimum atomic E-state index is -1.09. The van der Waals surface area contributed by atoms with E-state index in [1.165, 1.54) is 4.90 Å². The van der Waals surface area contributed by atoms with Crippen LogP contribution in [0.15, 0.2) is 0 Å². The van der Waals surface area contributed by atoms with Crippen molar-refractivity contribution in [1.29, 1.82) is 0 Å². The third-order valence-corrected chi connectivity index (χ3v) is 10.1. The molecule has 3 aliphatic carbocycles. The SMILES string of the molecule is CC(C)[C@H]1CCN(C(=O)[C@@H](NC(=O)NC2(CC(=O)C3CC3)CCCCC2)C(C)(C)C)[C@@H]1C(=O)NC(CC1CC1)C(=O)C(N)=O. The Bertz CT molecular complexity index is 1130. The predicted octanol–water partition coefficient (Wildman–Crippen LogP) is 2.98. The molecule has 44 heavy (non-hydrogen) atoms. The summed E-state index contributed by atoms with van der Waals surface area (Å²) in [6.07, 6.45) is 9.32. The van der Waals surface area contributed by atoms with Crippen LogP contribution in [0.4, 0.5) is 4.79 Å². The highest BCUT2D eigenvalue weighted by Gasteiger charge is 2.48. The lowest BCUT2D eigenvalue weighted by Gasteiger charge is -2.40. The fraction of sp³-hybridized carbons (Fsp3) is 0.818. The lowest BCUT2D eigenvalue weighted by atomic mass is 9.77. The summed E-state index contributed by atoms with van der Waals surface area (Å²) in [5, 5.41) is 8.84. The Morgan fingerprint density at radius 3 is 2.07 bits per heavy atom. The first-order valence-corrected chi connectivity index (χ1v) is 16.7. The van der Waals surface area contributed by atoms with E-state index in [9.17, 15) is 28.8 Å². The van der Waals surface area contributed by atoms with Crippen LogP contribution in [0.3, 0.4) is 0 Å². The van der Waals surface area contributed by atoms with E-state index < -0.39 is 52.7 Å². The monoisotopic (exact) mass is 615 g/mol. The molecular formula is C33H53N5O6. The zero-order valence-electron chi connectivity index (χ0n) is 27.2. The summed E-state index contributed by atoms with van der Waals surface area (Å²) in [5.74, 6) is -2.30. The van der Waals surface area contributed by atoms with Crippen molar-refractivity contribution >= 4 is 35.3 Å². The van der Waals surface area contributed by atoms with Gasteiger partial charge < -0.3 is 26.6 Å². The van der Waals surface area contributed by atoms with Gasteiger partial charge >= 0.3 is 6.03 Å². The number of primary amides is 1. The van der Waals surface area contributed by atoms with Gasteiger partial charge in [0.15, 0.2) is 0 Å². The number of hydrogen-bond acceptors (Lipinski definition) is 6. The van der Waals surface area contributed by atoms with Crippen molar-refractivity contribution in [2.24, 2.45) is 34.8 Å². The number of hydrogen-bond donors (Lipinski definition) is 4. The Labute approximate surface area is 261 Å². The molecule has 5 amide bonds. The summed E-state index contributed by atoms with van der Waals surface area (Å²) >= 11 is 0. The van der Waals surface area contributed by atoms with E-state index in [-0.39, 0.29) is 35.4 Å². The number of rotatable bonds is 13. The Morgan fingerprint density at radius 2 is 1.55 bits per heavy atom. The van der Waals surface area contributed by atoms with Gasteiger partial charge in [0.25, 0.3) is 5.91 Å². The van der Waals surface area contributed by atoms with E-state index in [4.69, 9.17) is 5.73 Å². The number of nitrogens with two attached hydrogens (primary N) is 1. The maximum absolute atomic E-state index is 14.3. The molecule has 1 heterocycles. The molecule has 1 saturated heterocycles. The van der Waals surface area contributed by atoms with Crippen LogP contribution < -0.4 is 21.7 Å². The first-order valence-electron chi connectivity index (χ1n) is 16.7. The topological polar surface area (TPSA) is 168 Å². The highest BCUT2D eigenvalue weighted by molar-refractivity contribution is 6.37. The van der Waals surface area contributed by atoms with Gasteiger partial charge in [-0.3, -0.25) is 24.0 Å². The second-order valence-electron chi connectivity index (χ2n) is 15.3. The van der Waals surface area contributed by atoms with E-state index in [1.807, 2.05) is 34.6 Å². The fourth-order valence-electron chi connectivity index (χ4n) is 7.12. The molecule has 1 aliphatic heterocycles. The zero-order valence-corrected chi connectivity index (χ0v) is 27.2. The Kier molecular flexibility index (Phi) is 10.5. The van der Waals surface area contributed by atoms with Gasteiger partial charge in [0.2, 0.25) is 17.6 Å². The number of nitrogens with zero attached hydrogens (tertiary/aromatic N) is 1. The Balaban J connectivity index is 1.52. The number of carbonyl (C=O) groups is 6. The number of Topliss-reactive ketones (excluding diaryl/α,β-unsaturated/α-hetero) is 2. The molecule has 4 aliphatic rings. The Morgan fingerprint density at radius 1 is 0.909 bits per heavy atom. The van der Waals surface area contributed by atoms with Gasteiger partial charge in [-0.2, -0.15) is 0 Å². The number of urea groups is 1. The smallest absolute Gasteiger partial charge is 0.315 e. The van der Waals surface area contributed by atoms with Crippen molar-refractivity contribution in [1.82, 2.24) is 20.9 Å². The highest BCUT2D eigenvalue weighted by atomic mass is 16.2. The summed E-state index contributed by atoms with van der Waals surface area (Å²) in [4.78, 5) is 80.4.